The minimum Gasteiger partial charge on any atom is -0.207 e. The van der Waals surface area contributed by atoms with Crippen LogP contribution in [-0.4, -0.2) is 25.3 Å². The summed E-state index contributed by atoms with van der Waals surface area (Å²) < 4.78 is 40.5. The highest BCUT2D eigenvalue weighted by molar-refractivity contribution is 7.89. The molecule has 3 nitrogen and oxygen atoms in total. The maximum Gasteiger partial charge on any atom is 0.246 e. The van der Waals surface area contributed by atoms with E-state index in [1.165, 1.54) is 28.9 Å². The largest absolute Gasteiger partial charge is 0.246 e. The van der Waals surface area contributed by atoms with E-state index in [-0.39, 0.29) is 10.9 Å². The molecular formula is C14H18FNO2S. The van der Waals surface area contributed by atoms with E-state index in [4.69, 9.17) is 0 Å². The molecule has 0 spiro atoms. The summed E-state index contributed by atoms with van der Waals surface area (Å²) >= 11 is 0. The van der Waals surface area contributed by atoms with E-state index >= 15 is 0 Å². The van der Waals surface area contributed by atoms with Gasteiger partial charge in [-0.15, -0.1) is 0 Å². The molecule has 2 fully saturated rings. The second kappa shape index (κ2) is 4.87. The molecule has 0 N–H and O–H groups in total. The molecule has 1 aliphatic carbocycles. The third-order valence-corrected chi connectivity index (χ3v) is 6.34. The maximum absolute atomic E-state index is 13.8. The second-order valence-electron chi connectivity index (χ2n) is 5.45. The number of benzene rings is 1. The van der Waals surface area contributed by atoms with Crippen molar-refractivity contribution < 1.29 is 12.8 Å². The second-order valence-corrected chi connectivity index (χ2v) is 7.31. The van der Waals surface area contributed by atoms with Gasteiger partial charge in [-0.1, -0.05) is 25.0 Å². The van der Waals surface area contributed by atoms with Crippen LogP contribution >= 0.6 is 0 Å². The van der Waals surface area contributed by atoms with Crippen LogP contribution in [0.5, 0.6) is 0 Å². The number of fused-ring (bicyclic) bond motifs is 1. The van der Waals surface area contributed by atoms with Crippen LogP contribution in [0.25, 0.3) is 0 Å². The van der Waals surface area contributed by atoms with Crippen molar-refractivity contribution in [2.75, 3.05) is 6.54 Å². The lowest BCUT2D eigenvalue weighted by atomic mass is 9.86. The number of sulfonamides is 1. The highest BCUT2D eigenvalue weighted by atomic mass is 32.2. The lowest BCUT2D eigenvalue weighted by Gasteiger charge is -2.31. The Morgan fingerprint density at radius 3 is 2.63 bits per heavy atom. The third kappa shape index (κ3) is 2.19. The van der Waals surface area contributed by atoms with E-state index in [9.17, 15) is 12.8 Å². The first-order valence-corrected chi connectivity index (χ1v) is 8.31. The summed E-state index contributed by atoms with van der Waals surface area (Å²) in [6, 6.07) is 5.74. The molecule has 1 aromatic carbocycles. The highest BCUT2D eigenvalue weighted by Gasteiger charge is 2.42. The monoisotopic (exact) mass is 283 g/mol. The average molecular weight is 283 g/mol. The van der Waals surface area contributed by atoms with Crippen molar-refractivity contribution in [3.05, 3.63) is 30.1 Å². The van der Waals surface area contributed by atoms with Crippen LogP contribution in [0.15, 0.2) is 29.2 Å². The van der Waals surface area contributed by atoms with Crippen molar-refractivity contribution in [3.8, 4) is 0 Å². The molecule has 0 bridgehead atoms. The van der Waals surface area contributed by atoms with Gasteiger partial charge in [-0.2, -0.15) is 4.31 Å². The van der Waals surface area contributed by atoms with E-state index in [0.717, 1.165) is 25.7 Å². The fourth-order valence-corrected chi connectivity index (χ4v) is 5.24. The van der Waals surface area contributed by atoms with Gasteiger partial charge >= 0.3 is 0 Å². The Morgan fingerprint density at radius 1 is 1.11 bits per heavy atom. The molecule has 2 unspecified atom stereocenters. The zero-order valence-corrected chi connectivity index (χ0v) is 11.6. The van der Waals surface area contributed by atoms with Crippen LogP contribution < -0.4 is 0 Å². The minimum atomic E-state index is -3.68. The van der Waals surface area contributed by atoms with Gasteiger partial charge < -0.3 is 0 Å². The minimum absolute atomic E-state index is 0.0818. The molecule has 3 rings (SSSR count). The summed E-state index contributed by atoms with van der Waals surface area (Å²) in [5, 5.41) is 0. The Hall–Kier alpha value is -0.940. The van der Waals surface area contributed by atoms with Crippen molar-refractivity contribution >= 4 is 10.0 Å². The van der Waals surface area contributed by atoms with Gasteiger partial charge in [0.1, 0.15) is 10.7 Å². The van der Waals surface area contributed by atoms with Crippen LogP contribution in [0.1, 0.15) is 32.1 Å². The molecule has 0 amide bonds. The molecule has 104 valence electrons. The van der Waals surface area contributed by atoms with Gasteiger partial charge in [0.25, 0.3) is 0 Å². The quantitative estimate of drug-likeness (QED) is 0.837. The van der Waals surface area contributed by atoms with Crippen LogP contribution in [-0.2, 0) is 10.0 Å². The Balaban J connectivity index is 1.95. The number of halogens is 1. The number of rotatable bonds is 2. The normalized spacial score (nSPS) is 28.3. The van der Waals surface area contributed by atoms with Gasteiger partial charge in [0.05, 0.1) is 0 Å². The topological polar surface area (TPSA) is 37.4 Å². The number of nitrogens with zero attached hydrogens (tertiary/aromatic N) is 1. The molecular weight excluding hydrogens is 265 g/mol. The summed E-state index contributed by atoms with van der Waals surface area (Å²) in [5.74, 6) is -0.183. The Kier molecular flexibility index (Phi) is 3.35. The van der Waals surface area contributed by atoms with Crippen molar-refractivity contribution in [3.63, 3.8) is 0 Å². The predicted octanol–water partition coefficient (Wildman–Crippen LogP) is 2.78. The molecule has 1 saturated heterocycles. The van der Waals surface area contributed by atoms with Crippen LogP contribution in [0, 0.1) is 11.7 Å². The van der Waals surface area contributed by atoms with Crippen LogP contribution in [0.4, 0.5) is 4.39 Å². The zero-order valence-electron chi connectivity index (χ0n) is 10.8. The molecule has 1 heterocycles. The zero-order chi connectivity index (χ0) is 13.5. The fourth-order valence-electron chi connectivity index (χ4n) is 3.44. The fraction of sp³-hybridized carbons (Fsp3) is 0.571. The first kappa shape index (κ1) is 13.1. The summed E-state index contributed by atoms with van der Waals surface area (Å²) in [4.78, 5) is -0.179. The molecule has 19 heavy (non-hydrogen) atoms. The molecule has 1 saturated carbocycles. The predicted molar refractivity (Wildman–Crippen MR) is 70.7 cm³/mol. The average Bonchev–Trinajstić information content (AvgIpc) is 2.83. The van der Waals surface area contributed by atoms with Crippen molar-refractivity contribution in [2.24, 2.45) is 5.92 Å². The first-order valence-electron chi connectivity index (χ1n) is 6.87. The van der Waals surface area contributed by atoms with Gasteiger partial charge in [0.15, 0.2) is 0 Å². The Bertz CT molecular complexity index is 573. The lowest BCUT2D eigenvalue weighted by Crippen LogP contribution is -2.39. The van der Waals surface area contributed by atoms with E-state index < -0.39 is 15.8 Å². The van der Waals surface area contributed by atoms with Gasteiger partial charge in [-0.05, 0) is 37.3 Å². The smallest absolute Gasteiger partial charge is 0.207 e. The SMILES string of the molecule is O=S(=O)(c1ccccc1F)N1CCC2CCCCC21. The Morgan fingerprint density at radius 2 is 1.84 bits per heavy atom. The molecule has 1 aliphatic heterocycles. The van der Waals surface area contributed by atoms with E-state index in [1.807, 2.05) is 0 Å². The van der Waals surface area contributed by atoms with Gasteiger partial charge in [-0.3, -0.25) is 0 Å². The van der Waals surface area contributed by atoms with Crippen molar-refractivity contribution in [1.29, 1.82) is 0 Å². The first-order chi connectivity index (χ1) is 9.10. The number of hydrogen-bond acceptors (Lipinski definition) is 2. The van der Waals surface area contributed by atoms with E-state index in [0.29, 0.717) is 12.5 Å². The Labute approximate surface area is 113 Å². The molecule has 5 heteroatoms. The van der Waals surface area contributed by atoms with Crippen LogP contribution in [0.3, 0.4) is 0 Å². The molecule has 2 atom stereocenters. The van der Waals surface area contributed by atoms with Crippen molar-refractivity contribution in [2.45, 2.75) is 43.0 Å². The lowest BCUT2D eigenvalue weighted by molar-refractivity contribution is 0.260. The molecule has 0 radical (unpaired) electrons. The number of hydrogen-bond donors (Lipinski definition) is 0. The van der Waals surface area contributed by atoms with Crippen LogP contribution in [0.2, 0.25) is 0 Å². The molecule has 2 aliphatic rings. The van der Waals surface area contributed by atoms with Gasteiger partial charge in [0, 0.05) is 12.6 Å². The molecule has 0 aromatic heterocycles. The summed E-state index contributed by atoms with van der Waals surface area (Å²) in [6.45, 7) is 0.534. The highest BCUT2D eigenvalue weighted by Crippen LogP contribution is 2.39. The van der Waals surface area contributed by atoms with Gasteiger partial charge in [0.2, 0.25) is 10.0 Å². The van der Waals surface area contributed by atoms with E-state index in [2.05, 4.69) is 0 Å². The third-order valence-electron chi connectivity index (χ3n) is 4.38. The van der Waals surface area contributed by atoms with Crippen molar-refractivity contribution in [1.82, 2.24) is 4.31 Å². The standard InChI is InChI=1S/C14H18FNO2S/c15-12-6-2-4-8-14(12)19(17,18)16-10-9-11-5-1-3-7-13(11)16/h2,4,6,8,11,13H,1,3,5,7,9-10H2. The maximum atomic E-state index is 13.8. The van der Waals surface area contributed by atoms with Gasteiger partial charge in [-0.25, -0.2) is 12.8 Å². The summed E-state index contributed by atoms with van der Waals surface area (Å²) in [7, 11) is -3.68. The van der Waals surface area contributed by atoms with E-state index in [1.54, 1.807) is 6.07 Å². The summed E-state index contributed by atoms with van der Waals surface area (Å²) in [5.41, 5.74) is 0. The molecule has 1 aromatic rings. The summed E-state index contributed by atoms with van der Waals surface area (Å²) in [6.07, 6.45) is 5.20.